The van der Waals surface area contributed by atoms with Crippen molar-refractivity contribution >= 4 is 5.91 Å². The van der Waals surface area contributed by atoms with Gasteiger partial charge in [-0.2, -0.15) is 0 Å². The molecule has 1 fully saturated rings. The molecule has 2 unspecified atom stereocenters. The second-order valence-corrected chi connectivity index (χ2v) is 6.05. The Bertz CT molecular complexity index is 654. The van der Waals surface area contributed by atoms with Crippen molar-refractivity contribution in [2.24, 2.45) is 0 Å². The number of rotatable bonds is 7. The monoisotopic (exact) mass is 325 g/mol. The van der Waals surface area contributed by atoms with Crippen molar-refractivity contribution in [2.75, 3.05) is 20.3 Å². The van der Waals surface area contributed by atoms with E-state index in [0.29, 0.717) is 13.0 Å². The van der Waals surface area contributed by atoms with Gasteiger partial charge >= 0.3 is 0 Å². The normalized spacial score (nSPS) is 18.2. The molecule has 2 aromatic carbocycles. The Morgan fingerprint density at radius 3 is 2.50 bits per heavy atom. The minimum Gasteiger partial charge on any atom is -0.493 e. The first-order valence-corrected chi connectivity index (χ1v) is 8.33. The highest BCUT2D eigenvalue weighted by atomic mass is 16.5. The first-order chi connectivity index (χ1) is 11.8. The fourth-order valence-electron chi connectivity index (χ4n) is 3.05. The summed E-state index contributed by atoms with van der Waals surface area (Å²) in [6, 6.07) is 18.2. The number of carbonyl (C=O) groups is 1. The van der Waals surface area contributed by atoms with Crippen LogP contribution in [0.15, 0.2) is 54.6 Å². The van der Waals surface area contributed by atoms with E-state index in [4.69, 9.17) is 9.47 Å². The van der Waals surface area contributed by atoms with Crippen LogP contribution in [0.3, 0.4) is 0 Å². The zero-order valence-electron chi connectivity index (χ0n) is 13.9. The van der Waals surface area contributed by atoms with Crippen LogP contribution in [-0.2, 0) is 9.53 Å². The van der Waals surface area contributed by atoms with E-state index in [9.17, 15) is 4.79 Å². The SMILES string of the molecule is COC(CCOc1ccc(C2CNC(=O)C2)cc1)c1ccccc1. The van der Waals surface area contributed by atoms with Crippen molar-refractivity contribution in [3.05, 3.63) is 65.7 Å². The van der Waals surface area contributed by atoms with Crippen LogP contribution >= 0.6 is 0 Å². The molecule has 2 atom stereocenters. The fraction of sp³-hybridized carbons (Fsp3) is 0.350. The molecule has 0 spiro atoms. The maximum absolute atomic E-state index is 11.3. The second-order valence-electron chi connectivity index (χ2n) is 6.05. The quantitative estimate of drug-likeness (QED) is 0.848. The van der Waals surface area contributed by atoms with E-state index >= 15 is 0 Å². The van der Waals surface area contributed by atoms with E-state index < -0.39 is 0 Å². The lowest BCUT2D eigenvalue weighted by Crippen LogP contribution is -2.13. The molecule has 3 rings (SSSR count). The highest BCUT2D eigenvalue weighted by Crippen LogP contribution is 2.25. The van der Waals surface area contributed by atoms with Crippen LogP contribution in [0, 0.1) is 0 Å². The van der Waals surface area contributed by atoms with E-state index in [2.05, 4.69) is 17.4 Å². The largest absolute Gasteiger partial charge is 0.493 e. The summed E-state index contributed by atoms with van der Waals surface area (Å²) in [7, 11) is 1.73. The minimum absolute atomic E-state index is 0.0426. The predicted molar refractivity (Wildman–Crippen MR) is 93.1 cm³/mol. The van der Waals surface area contributed by atoms with E-state index in [0.717, 1.165) is 24.3 Å². The van der Waals surface area contributed by atoms with Gasteiger partial charge in [0.1, 0.15) is 5.75 Å². The maximum Gasteiger partial charge on any atom is 0.220 e. The molecule has 4 nitrogen and oxygen atoms in total. The molecule has 1 saturated heterocycles. The van der Waals surface area contributed by atoms with Gasteiger partial charge in [-0.05, 0) is 23.3 Å². The number of ether oxygens (including phenoxy) is 2. The number of hydrogen-bond acceptors (Lipinski definition) is 3. The zero-order valence-corrected chi connectivity index (χ0v) is 13.9. The summed E-state index contributed by atoms with van der Waals surface area (Å²) in [5.74, 6) is 1.26. The van der Waals surface area contributed by atoms with Crippen LogP contribution in [0.2, 0.25) is 0 Å². The molecule has 4 heteroatoms. The third-order valence-corrected chi connectivity index (χ3v) is 4.43. The van der Waals surface area contributed by atoms with Gasteiger partial charge in [0.15, 0.2) is 0 Å². The Labute approximate surface area is 142 Å². The van der Waals surface area contributed by atoms with Crippen molar-refractivity contribution in [3.8, 4) is 5.75 Å². The number of amides is 1. The number of nitrogens with one attached hydrogen (secondary N) is 1. The van der Waals surface area contributed by atoms with Gasteiger partial charge in [-0.3, -0.25) is 4.79 Å². The van der Waals surface area contributed by atoms with Gasteiger partial charge in [0.05, 0.1) is 12.7 Å². The van der Waals surface area contributed by atoms with Crippen LogP contribution in [0.4, 0.5) is 0 Å². The van der Waals surface area contributed by atoms with E-state index in [1.54, 1.807) is 7.11 Å². The average Bonchev–Trinajstić information content (AvgIpc) is 3.06. The van der Waals surface area contributed by atoms with E-state index in [1.165, 1.54) is 5.56 Å². The predicted octanol–water partition coefficient (Wildman–Crippen LogP) is 3.45. The van der Waals surface area contributed by atoms with Crippen LogP contribution in [0.5, 0.6) is 5.75 Å². The summed E-state index contributed by atoms with van der Waals surface area (Å²) in [4.78, 5) is 11.3. The molecular formula is C20H23NO3. The summed E-state index contributed by atoms with van der Waals surface area (Å²) in [6.45, 7) is 1.32. The van der Waals surface area contributed by atoms with Gasteiger partial charge in [-0.25, -0.2) is 0 Å². The summed E-state index contributed by atoms with van der Waals surface area (Å²) in [5, 5.41) is 2.87. The standard InChI is InChI=1S/C20H23NO3/c1-23-19(16-5-3-2-4-6-16)11-12-24-18-9-7-15(8-10-18)17-13-20(22)21-14-17/h2-10,17,19H,11-14H2,1H3,(H,21,22). The summed E-state index contributed by atoms with van der Waals surface area (Å²) in [6.07, 6.45) is 1.41. The first kappa shape index (κ1) is 16.5. The smallest absolute Gasteiger partial charge is 0.220 e. The zero-order chi connectivity index (χ0) is 16.8. The lowest BCUT2D eigenvalue weighted by atomic mass is 9.98. The number of benzene rings is 2. The molecule has 0 saturated carbocycles. The Hall–Kier alpha value is -2.33. The van der Waals surface area contributed by atoms with Crippen molar-refractivity contribution in [1.29, 1.82) is 0 Å². The lowest BCUT2D eigenvalue weighted by Gasteiger charge is -2.16. The van der Waals surface area contributed by atoms with Gasteiger partial charge < -0.3 is 14.8 Å². The molecule has 1 aliphatic rings. The van der Waals surface area contributed by atoms with Gasteiger partial charge in [0.2, 0.25) is 5.91 Å². The first-order valence-electron chi connectivity index (χ1n) is 8.33. The minimum atomic E-state index is 0.0426. The maximum atomic E-state index is 11.3. The molecule has 2 aromatic rings. The average molecular weight is 325 g/mol. The van der Waals surface area contributed by atoms with Crippen molar-refractivity contribution in [3.63, 3.8) is 0 Å². The van der Waals surface area contributed by atoms with Crippen molar-refractivity contribution in [2.45, 2.75) is 24.9 Å². The van der Waals surface area contributed by atoms with Crippen molar-refractivity contribution < 1.29 is 14.3 Å². The van der Waals surface area contributed by atoms with Crippen molar-refractivity contribution in [1.82, 2.24) is 5.32 Å². The summed E-state index contributed by atoms with van der Waals surface area (Å²) < 4.78 is 11.4. The fourth-order valence-corrected chi connectivity index (χ4v) is 3.05. The van der Waals surface area contributed by atoms with Gasteiger partial charge in [-0.1, -0.05) is 42.5 Å². The highest BCUT2D eigenvalue weighted by Gasteiger charge is 2.22. The van der Waals surface area contributed by atoms with Crippen LogP contribution in [0.1, 0.15) is 36.0 Å². The van der Waals surface area contributed by atoms with E-state index in [-0.39, 0.29) is 17.9 Å². The van der Waals surface area contributed by atoms with E-state index in [1.807, 2.05) is 42.5 Å². The molecule has 24 heavy (non-hydrogen) atoms. The molecule has 1 N–H and O–H groups in total. The van der Waals surface area contributed by atoms with Crippen LogP contribution in [0.25, 0.3) is 0 Å². The molecule has 0 bridgehead atoms. The topological polar surface area (TPSA) is 47.6 Å². The Morgan fingerprint density at radius 1 is 1.12 bits per heavy atom. The molecule has 126 valence electrons. The molecule has 0 radical (unpaired) electrons. The Morgan fingerprint density at radius 2 is 1.88 bits per heavy atom. The van der Waals surface area contributed by atoms with Gasteiger partial charge in [0, 0.05) is 32.4 Å². The molecule has 0 aliphatic carbocycles. The molecule has 0 aromatic heterocycles. The summed E-state index contributed by atoms with van der Waals surface area (Å²) in [5.41, 5.74) is 2.34. The third-order valence-electron chi connectivity index (χ3n) is 4.43. The molecule has 1 heterocycles. The van der Waals surface area contributed by atoms with Gasteiger partial charge in [0.25, 0.3) is 0 Å². The number of methoxy groups -OCH3 is 1. The van der Waals surface area contributed by atoms with Gasteiger partial charge in [-0.15, -0.1) is 0 Å². The highest BCUT2D eigenvalue weighted by molar-refractivity contribution is 5.79. The number of carbonyl (C=O) groups excluding carboxylic acids is 1. The molecule has 1 aliphatic heterocycles. The number of hydrogen-bond donors (Lipinski definition) is 1. The Balaban J connectivity index is 1.50. The molecule has 1 amide bonds. The second kappa shape index (κ2) is 7.97. The van der Waals surface area contributed by atoms with Crippen LogP contribution in [-0.4, -0.2) is 26.2 Å². The molecular weight excluding hydrogens is 302 g/mol. The summed E-state index contributed by atoms with van der Waals surface area (Å²) >= 11 is 0. The van der Waals surface area contributed by atoms with Crippen LogP contribution < -0.4 is 10.1 Å². The lowest BCUT2D eigenvalue weighted by molar-refractivity contribution is -0.119. The third kappa shape index (κ3) is 4.15. The Kier molecular flexibility index (Phi) is 5.49.